The van der Waals surface area contributed by atoms with Gasteiger partial charge in [0.2, 0.25) is 0 Å². The van der Waals surface area contributed by atoms with Gasteiger partial charge in [-0.25, -0.2) is 0 Å². The number of nitrogens with zero attached hydrogens (tertiary/aromatic N) is 1. The molecule has 0 saturated carbocycles. The summed E-state index contributed by atoms with van der Waals surface area (Å²) in [5.74, 6) is -0.270. The van der Waals surface area contributed by atoms with Gasteiger partial charge in [0.1, 0.15) is 0 Å². The van der Waals surface area contributed by atoms with Gasteiger partial charge in [0.15, 0.2) is 0 Å². The van der Waals surface area contributed by atoms with Crippen molar-refractivity contribution in [3.63, 3.8) is 0 Å². The van der Waals surface area contributed by atoms with E-state index in [9.17, 15) is 4.79 Å². The number of esters is 1. The van der Waals surface area contributed by atoms with E-state index in [1.165, 1.54) is 7.11 Å². The molecule has 1 aromatic carbocycles. The lowest BCUT2D eigenvalue weighted by Gasteiger charge is -2.11. The van der Waals surface area contributed by atoms with Crippen LogP contribution < -0.4 is 0 Å². The van der Waals surface area contributed by atoms with Crippen molar-refractivity contribution in [3.05, 3.63) is 34.4 Å². The number of hydrogen-bond acceptors (Lipinski definition) is 3. The smallest absolute Gasteiger partial charge is 0.309 e. The van der Waals surface area contributed by atoms with Crippen LogP contribution in [0.5, 0.6) is 0 Å². The Balaban J connectivity index is 3.22. The highest BCUT2D eigenvalue weighted by atomic mass is 16.5. The summed E-state index contributed by atoms with van der Waals surface area (Å²) in [6, 6.07) is 5.83. The standard InChI is InChI=1S/C13H15NO2/c1-4-10-5-6-11(8-14)9(2)12(10)7-13(15)16-3/h5-6H,4,7H2,1-3H3. The molecular formula is C13H15NO2. The summed E-state index contributed by atoms with van der Waals surface area (Å²) < 4.78 is 4.66. The fraction of sp³-hybridized carbons (Fsp3) is 0.385. The van der Waals surface area contributed by atoms with Crippen molar-refractivity contribution in [2.75, 3.05) is 7.11 Å². The maximum absolute atomic E-state index is 11.3. The first kappa shape index (κ1) is 12.3. The fourth-order valence-corrected chi connectivity index (χ4v) is 1.73. The van der Waals surface area contributed by atoms with E-state index >= 15 is 0 Å². The zero-order chi connectivity index (χ0) is 12.1. The first-order valence-corrected chi connectivity index (χ1v) is 5.22. The first-order chi connectivity index (χ1) is 7.63. The molecular weight excluding hydrogens is 202 g/mol. The summed E-state index contributed by atoms with van der Waals surface area (Å²) in [5, 5.41) is 8.93. The van der Waals surface area contributed by atoms with Gasteiger partial charge >= 0.3 is 5.97 Å². The van der Waals surface area contributed by atoms with Gasteiger partial charge in [-0.2, -0.15) is 5.26 Å². The van der Waals surface area contributed by atoms with Gasteiger partial charge in [0.25, 0.3) is 0 Å². The molecule has 0 spiro atoms. The maximum atomic E-state index is 11.3. The number of methoxy groups -OCH3 is 1. The Kier molecular flexibility index (Phi) is 4.07. The number of aryl methyl sites for hydroxylation is 1. The van der Waals surface area contributed by atoms with Crippen molar-refractivity contribution in [1.29, 1.82) is 5.26 Å². The van der Waals surface area contributed by atoms with E-state index in [1.807, 2.05) is 19.9 Å². The average Bonchev–Trinajstić information content (AvgIpc) is 2.31. The van der Waals surface area contributed by atoms with Crippen LogP contribution in [-0.2, 0) is 22.4 Å². The summed E-state index contributed by atoms with van der Waals surface area (Å²) in [6.07, 6.45) is 1.08. The molecule has 0 aliphatic carbocycles. The number of rotatable bonds is 3. The molecule has 0 N–H and O–H groups in total. The van der Waals surface area contributed by atoms with Crippen LogP contribution in [0.3, 0.4) is 0 Å². The predicted molar refractivity (Wildman–Crippen MR) is 61.0 cm³/mol. The first-order valence-electron chi connectivity index (χ1n) is 5.22. The van der Waals surface area contributed by atoms with Crippen LogP contribution in [-0.4, -0.2) is 13.1 Å². The largest absolute Gasteiger partial charge is 0.469 e. The maximum Gasteiger partial charge on any atom is 0.309 e. The Morgan fingerprint density at radius 1 is 1.50 bits per heavy atom. The highest BCUT2D eigenvalue weighted by Gasteiger charge is 2.12. The highest BCUT2D eigenvalue weighted by Crippen LogP contribution is 2.19. The van der Waals surface area contributed by atoms with Crippen LogP contribution in [0.25, 0.3) is 0 Å². The third-order valence-corrected chi connectivity index (χ3v) is 2.75. The minimum absolute atomic E-state index is 0.237. The third-order valence-electron chi connectivity index (χ3n) is 2.75. The Hall–Kier alpha value is -1.82. The summed E-state index contributed by atoms with van der Waals surface area (Å²) in [4.78, 5) is 11.3. The van der Waals surface area contributed by atoms with Crippen LogP contribution in [0.2, 0.25) is 0 Å². The van der Waals surface area contributed by atoms with Crippen molar-refractivity contribution in [2.24, 2.45) is 0 Å². The number of hydrogen-bond donors (Lipinski definition) is 0. The third kappa shape index (κ3) is 2.40. The van der Waals surface area contributed by atoms with Crippen LogP contribution in [0.1, 0.15) is 29.2 Å². The zero-order valence-corrected chi connectivity index (χ0v) is 9.83. The van der Waals surface area contributed by atoms with E-state index in [4.69, 9.17) is 5.26 Å². The molecule has 84 valence electrons. The lowest BCUT2D eigenvalue weighted by atomic mass is 9.94. The Morgan fingerprint density at radius 2 is 2.19 bits per heavy atom. The van der Waals surface area contributed by atoms with Gasteiger partial charge in [0.05, 0.1) is 25.2 Å². The molecule has 1 aromatic rings. The lowest BCUT2D eigenvalue weighted by molar-refractivity contribution is -0.139. The zero-order valence-electron chi connectivity index (χ0n) is 9.83. The Bertz CT molecular complexity index is 444. The molecule has 0 bridgehead atoms. The van der Waals surface area contributed by atoms with E-state index in [-0.39, 0.29) is 12.4 Å². The summed E-state index contributed by atoms with van der Waals surface area (Å²) in [6.45, 7) is 3.90. The molecule has 0 fully saturated rings. The number of nitriles is 1. The fourth-order valence-electron chi connectivity index (χ4n) is 1.73. The summed E-state index contributed by atoms with van der Waals surface area (Å²) >= 11 is 0. The number of benzene rings is 1. The van der Waals surface area contributed by atoms with E-state index in [0.717, 1.165) is 23.1 Å². The van der Waals surface area contributed by atoms with Gasteiger partial charge in [-0.05, 0) is 36.1 Å². The van der Waals surface area contributed by atoms with Crippen molar-refractivity contribution in [1.82, 2.24) is 0 Å². The molecule has 0 radical (unpaired) electrons. The Labute approximate surface area is 95.7 Å². The molecule has 16 heavy (non-hydrogen) atoms. The second-order valence-corrected chi connectivity index (χ2v) is 3.59. The summed E-state index contributed by atoms with van der Waals surface area (Å²) in [5.41, 5.74) is 3.53. The van der Waals surface area contributed by atoms with Crippen LogP contribution in [0.15, 0.2) is 12.1 Å². The van der Waals surface area contributed by atoms with Crippen LogP contribution in [0, 0.1) is 18.3 Å². The molecule has 0 atom stereocenters. The lowest BCUT2D eigenvalue weighted by Crippen LogP contribution is -2.09. The molecule has 1 rings (SSSR count). The van der Waals surface area contributed by atoms with Crippen molar-refractivity contribution in [3.8, 4) is 6.07 Å². The SMILES string of the molecule is CCc1ccc(C#N)c(C)c1CC(=O)OC. The van der Waals surface area contributed by atoms with E-state index in [0.29, 0.717) is 5.56 Å². The number of carbonyl (C=O) groups excluding carboxylic acids is 1. The second kappa shape index (κ2) is 5.32. The number of carbonyl (C=O) groups is 1. The van der Waals surface area contributed by atoms with Gasteiger partial charge in [-0.15, -0.1) is 0 Å². The predicted octanol–water partition coefficient (Wildman–Crippen LogP) is 2.14. The molecule has 0 heterocycles. The van der Waals surface area contributed by atoms with Crippen molar-refractivity contribution < 1.29 is 9.53 Å². The average molecular weight is 217 g/mol. The summed E-state index contributed by atoms with van der Waals surface area (Å²) in [7, 11) is 1.37. The minimum Gasteiger partial charge on any atom is -0.469 e. The van der Waals surface area contributed by atoms with E-state index in [1.54, 1.807) is 6.07 Å². The molecule has 3 heteroatoms. The van der Waals surface area contributed by atoms with Crippen molar-refractivity contribution in [2.45, 2.75) is 26.7 Å². The monoisotopic (exact) mass is 217 g/mol. The normalized spacial score (nSPS) is 9.62. The van der Waals surface area contributed by atoms with Gasteiger partial charge in [0, 0.05) is 0 Å². The van der Waals surface area contributed by atoms with Crippen LogP contribution in [0.4, 0.5) is 0 Å². The van der Waals surface area contributed by atoms with E-state index in [2.05, 4.69) is 10.8 Å². The van der Waals surface area contributed by atoms with Crippen LogP contribution >= 0.6 is 0 Å². The molecule has 0 aliphatic heterocycles. The molecule has 0 aliphatic rings. The second-order valence-electron chi connectivity index (χ2n) is 3.59. The minimum atomic E-state index is -0.270. The number of ether oxygens (including phenoxy) is 1. The van der Waals surface area contributed by atoms with Gasteiger partial charge in [-0.3, -0.25) is 4.79 Å². The van der Waals surface area contributed by atoms with Gasteiger partial charge < -0.3 is 4.74 Å². The molecule has 0 unspecified atom stereocenters. The Morgan fingerprint density at radius 3 is 2.69 bits per heavy atom. The molecule has 3 nitrogen and oxygen atoms in total. The van der Waals surface area contributed by atoms with Gasteiger partial charge in [-0.1, -0.05) is 13.0 Å². The molecule has 0 aromatic heterocycles. The molecule has 0 amide bonds. The van der Waals surface area contributed by atoms with E-state index < -0.39 is 0 Å². The highest BCUT2D eigenvalue weighted by molar-refractivity contribution is 5.74. The topological polar surface area (TPSA) is 50.1 Å². The quantitative estimate of drug-likeness (QED) is 0.729. The molecule has 0 saturated heterocycles. The van der Waals surface area contributed by atoms with Crippen molar-refractivity contribution >= 4 is 5.97 Å².